The van der Waals surface area contributed by atoms with Crippen LogP contribution >= 0.6 is 0 Å². The first-order valence-corrected chi connectivity index (χ1v) is 5.52. The minimum atomic E-state index is -0.474. The highest BCUT2D eigenvalue weighted by atomic mass is 16.6. The summed E-state index contributed by atoms with van der Waals surface area (Å²) in [5.41, 5.74) is -0.632. The van der Waals surface area contributed by atoms with Gasteiger partial charge < -0.3 is 19.9 Å². The third kappa shape index (κ3) is 3.98. The van der Waals surface area contributed by atoms with Crippen molar-refractivity contribution in [3.63, 3.8) is 0 Å². The molecule has 0 aromatic carbocycles. The summed E-state index contributed by atoms with van der Waals surface area (Å²) >= 11 is 0. The third-order valence-electron chi connectivity index (χ3n) is 2.48. The molecule has 2 N–H and O–H groups in total. The normalized spacial score (nSPS) is 18.8. The summed E-state index contributed by atoms with van der Waals surface area (Å²) in [5, 5.41) is 11.8. The number of hydrogen-bond acceptors (Lipinski definition) is 4. The van der Waals surface area contributed by atoms with Crippen LogP contribution in [0.1, 0.15) is 27.2 Å². The standard InChI is InChI=1S/C11H21NO4/c1-10(2,3)16-9(14)12-5-4-11(6-13)7-15-8-11/h13H,4-8H2,1-3H3,(H,12,14). The average Bonchev–Trinajstić information content (AvgIpc) is 2.06. The van der Waals surface area contributed by atoms with E-state index in [1.54, 1.807) is 0 Å². The van der Waals surface area contributed by atoms with Gasteiger partial charge in [0.05, 0.1) is 19.8 Å². The van der Waals surface area contributed by atoms with Crippen LogP contribution in [-0.2, 0) is 9.47 Å². The second kappa shape index (κ2) is 5.01. The van der Waals surface area contributed by atoms with Gasteiger partial charge in [-0.15, -0.1) is 0 Å². The van der Waals surface area contributed by atoms with Crippen molar-refractivity contribution in [3.8, 4) is 0 Å². The van der Waals surface area contributed by atoms with Crippen molar-refractivity contribution in [2.45, 2.75) is 32.8 Å². The van der Waals surface area contributed by atoms with Gasteiger partial charge in [0.15, 0.2) is 0 Å². The molecule has 1 amide bonds. The lowest BCUT2D eigenvalue weighted by molar-refractivity contribution is -0.139. The van der Waals surface area contributed by atoms with E-state index in [0.717, 1.165) is 0 Å². The Morgan fingerprint density at radius 2 is 2.12 bits per heavy atom. The molecule has 0 atom stereocenters. The van der Waals surface area contributed by atoms with Gasteiger partial charge in [0.2, 0.25) is 0 Å². The number of carbonyl (C=O) groups is 1. The molecular weight excluding hydrogens is 210 g/mol. The molecule has 0 saturated carbocycles. The average molecular weight is 231 g/mol. The molecule has 0 unspecified atom stereocenters. The van der Waals surface area contributed by atoms with Crippen LogP contribution in [0.5, 0.6) is 0 Å². The molecule has 1 rings (SSSR count). The summed E-state index contributed by atoms with van der Waals surface area (Å²) in [6.45, 7) is 7.20. The van der Waals surface area contributed by atoms with Gasteiger partial charge in [-0.25, -0.2) is 4.79 Å². The fraction of sp³-hybridized carbons (Fsp3) is 0.909. The molecule has 1 saturated heterocycles. The molecule has 16 heavy (non-hydrogen) atoms. The number of aliphatic hydroxyl groups excluding tert-OH is 1. The molecule has 0 bridgehead atoms. The highest BCUT2D eigenvalue weighted by Crippen LogP contribution is 2.30. The SMILES string of the molecule is CC(C)(C)OC(=O)NCCC1(CO)COC1. The van der Waals surface area contributed by atoms with E-state index in [-0.39, 0.29) is 12.0 Å². The van der Waals surface area contributed by atoms with E-state index in [2.05, 4.69) is 5.32 Å². The number of ether oxygens (including phenoxy) is 2. The largest absolute Gasteiger partial charge is 0.444 e. The number of rotatable bonds is 4. The van der Waals surface area contributed by atoms with Crippen LogP contribution in [0.2, 0.25) is 0 Å². The number of amides is 1. The maximum absolute atomic E-state index is 11.3. The van der Waals surface area contributed by atoms with Crippen LogP contribution in [0, 0.1) is 5.41 Å². The summed E-state index contributed by atoms with van der Waals surface area (Å²) in [7, 11) is 0. The molecule has 0 aromatic heterocycles. The Kier molecular flexibility index (Phi) is 4.15. The molecule has 1 aliphatic rings. The quantitative estimate of drug-likeness (QED) is 0.754. The first-order valence-electron chi connectivity index (χ1n) is 5.52. The van der Waals surface area contributed by atoms with Gasteiger partial charge in [-0.2, -0.15) is 0 Å². The van der Waals surface area contributed by atoms with Crippen molar-refractivity contribution in [3.05, 3.63) is 0 Å². The molecule has 5 nitrogen and oxygen atoms in total. The second-order valence-corrected chi connectivity index (χ2v) is 5.33. The van der Waals surface area contributed by atoms with Gasteiger partial charge in [0.1, 0.15) is 5.60 Å². The van der Waals surface area contributed by atoms with E-state index >= 15 is 0 Å². The Hall–Kier alpha value is -0.810. The molecular formula is C11H21NO4. The molecule has 0 aliphatic carbocycles. The molecule has 0 spiro atoms. The highest BCUT2D eigenvalue weighted by molar-refractivity contribution is 5.67. The summed E-state index contributed by atoms with van der Waals surface area (Å²) in [6, 6.07) is 0. The predicted octanol–water partition coefficient (Wildman–Crippen LogP) is 0.910. The van der Waals surface area contributed by atoms with Gasteiger partial charge >= 0.3 is 6.09 Å². The molecule has 5 heteroatoms. The van der Waals surface area contributed by atoms with E-state index < -0.39 is 11.7 Å². The zero-order valence-electron chi connectivity index (χ0n) is 10.2. The van der Waals surface area contributed by atoms with Crippen LogP contribution in [0.3, 0.4) is 0 Å². The van der Waals surface area contributed by atoms with Gasteiger partial charge in [0, 0.05) is 12.0 Å². The van der Waals surface area contributed by atoms with Crippen LogP contribution in [-0.4, -0.2) is 43.2 Å². The highest BCUT2D eigenvalue weighted by Gasteiger charge is 2.37. The van der Waals surface area contributed by atoms with Crippen molar-refractivity contribution in [1.29, 1.82) is 0 Å². The number of alkyl carbamates (subject to hydrolysis) is 1. The summed E-state index contributed by atoms with van der Waals surface area (Å²) in [5.74, 6) is 0. The van der Waals surface area contributed by atoms with E-state index in [1.807, 2.05) is 20.8 Å². The topological polar surface area (TPSA) is 67.8 Å². The Labute approximate surface area is 96.1 Å². The lowest BCUT2D eigenvalue weighted by Gasteiger charge is -2.39. The van der Waals surface area contributed by atoms with Crippen LogP contribution in [0.15, 0.2) is 0 Å². The third-order valence-corrected chi connectivity index (χ3v) is 2.48. The molecule has 0 aromatic rings. The van der Waals surface area contributed by atoms with Crippen molar-refractivity contribution in [2.24, 2.45) is 5.41 Å². The summed E-state index contributed by atoms with van der Waals surface area (Å²) in [6.07, 6.45) is 0.295. The van der Waals surface area contributed by atoms with Crippen molar-refractivity contribution in [1.82, 2.24) is 5.32 Å². The van der Waals surface area contributed by atoms with E-state index in [0.29, 0.717) is 26.2 Å². The fourth-order valence-corrected chi connectivity index (χ4v) is 1.45. The second-order valence-electron chi connectivity index (χ2n) is 5.33. The number of aliphatic hydroxyl groups is 1. The van der Waals surface area contributed by atoms with Crippen LogP contribution in [0.25, 0.3) is 0 Å². The minimum absolute atomic E-state index is 0.100. The van der Waals surface area contributed by atoms with E-state index in [9.17, 15) is 4.79 Å². The molecule has 94 valence electrons. The zero-order chi connectivity index (χ0) is 12.2. The Morgan fingerprint density at radius 3 is 2.50 bits per heavy atom. The lowest BCUT2D eigenvalue weighted by atomic mass is 9.83. The van der Waals surface area contributed by atoms with Crippen LogP contribution < -0.4 is 5.32 Å². The van der Waals surface area contributed by atoms with Gasteiger partial charge in [0.25, 0.3) is 0 Å². The van der Waals surface area contributed by atoms with Gasteiger partial charge in [-0.3, -0.25) is 0 Å². The molecule has 1 heterocycles. The Bertz CT molecular complexity index is 237. The van der Waals surface area contributed by atoms with Crippen molar-refractivity contribution >= 4 is 6.09 Å². The monoisotopic (exact) mass is 231 g/mol. The summed E-state index contributed by atoms with van der Waals surface area (Å²) in [4.78, 5) is 11.3. The number of hydrogen-bond donors (Lipinski definition) is 2. The van der Waals surface area contributed by atoms with Gasteiger partial charge in [-0.1, -0.05) is 0 Å². The fourth-order valence-electron chi connectivity index (χ4n) is 1.45. The molecule has 1 aliphatic heterocycles. The molecule has 1 fully saturated rings. The lowest BCUT2D eigenvalue weighted by Crippen LogP contribution is -2.47. The first kappa shape index (κ1) is 13.3. The van der Waals surface area contributed by atoms with Crippen molar-refractivity contribution < 1.29 is 19.4 Å². The maximum Gasteiger partial charge on any atom is 0.407 e. The summed E-state index contributed by atoms with van der Waals surface area (Å²) < 4.78 is 10.2. The minimum Gasteiger partial charge on any atom is -0.444 e. The van der Waals surface area contributed by atoms with E-state index in [1.165, 1.54) is 0 Å². The Morgan fingerprint density at radius 1 is 1.50 bits per heavy atom. The first-order chi connectivity index (χ1) is 7.37. The van der Waals surface area contributed by atoms with Gasteiger partial charge in [-0.05, 0) is 27.2 Å². The number of carbonyl (C=O) groups excluding carboxylic acids is 1. The molecule has 0 radical (unpaired) electrons. The van der Waals surface area contributed by atoms with E-state index in [4.69, 9.17) is 14.6 Å². The Balaban J connectivity index is 2.18. The van der Waals surface area contributed by atoms with Crippen molar-refractivity contribution in [2.75, 3.05) is 26.4 Å². The maximum atomic E-state index is 11.3. The van der Waals surface area contributed by atoms with Crippen LogP contribution in [0.4, 0.5) is 4.79 Å². The predicted molar refractivity (Wildman–Crippen MR) is 59.2 cm³/mol. The zero-order valence-corrected chi connectivity index (χ0v) is 10.2. The number of nitrogens with one attached hydrogen (secondary N) is 1. The smallest absolute Gasteiger partial charge is 0.407 e.